The summed E-state index contributed by atoms with van der Waals surface area (Å²) in [4.78, 5) is 49.5. The summed E-state index contributed by atoms with van der Waals surface area (Å²) < 4.78 is 5.19. The third kappa shape index (κ3) is 4.76. The van der Waals surface area contributed by atoms with E-state index >= 15 is 0 Å². The SMILES string of the molecule is O=C1CCC(N2Cc3ccc(COC(=O)Nc4ccccc4)[c-]c3C2=O)C(=O)N1.[Y]. The summed E-state index contributed by atoms with van der Waals surface area (Å²) in [5, 5.41) is 4.88. The molecule has 4 rings (SSSR count). The number of rotatable bonds is 4. The molecule has 1 radical (unpaired) electrons. The van der Waals surface area contributed by atoms with Crippen molar-refractivity contribution in [2.75, 3.05) is 5.32 Å². The van der Waals surface area contributed by atoms with E-state index in [1.165, 1.54) is 4.90 Å². The largest absolute Gasteiger partial charge is 0.446 e. The minimum Gasteiger partial charge on any atom is -0.446 e. The van der Waals surface area contributed by atoms with Gasteiger partial charge in [0.15, 0.2) is 5.91 Å². The van der Waals surface area contributed by atoms with Gasteiger partial charge >= 0.3 is 6.09 Å². The van der Waals surface area contributed by atoms with Crippen molar-refractivity contribution in [3.05, 3.63) is 65.2 Å². The third-order valence-electron chi connectivity index (χ3n) is 4.87. The number of nitrogens with zero attached hydrogens (tertiary/aromatic N) is 1. The number of anilines is 1. The number of nitrogens with one attached hydrogen (secondary N) is 2. The zero-order valence-corrected chi connectivity index (χ0v) is 18.9. The Morgan fingerprint density at radius 2 is 1.93 bits per heavy atom. The molecule has 2 heterocycles. The Morgan fingerprint density at radius 3 is 2.67 bits per heavy atom. The Morgan fingerprint density at radius 1 is 1.17 bits per heavy atom. The molecule has 0 spiro atoms. The summed E-state index contributed by atoms with van der Waals surface area (Å²) >= 11 is 0. The zero-order chi connectivity index (χ0) is 20.4. The Hall–Kier alpha value is -2.58. The van der Waals surface area contributed by atoms with Crippen LogP contribution in [0.25, 0.3) is 0 Å². The Balaban J connectivity index is 0.00000256. The van der Waals surface area contributed by atoms with E-state index in [2.05, 4.69) is 16.7 Å². The van der Waals surface area contributed by atoms with Crippen molar-refractivity contribution in [2.24, 2.45) is 0 Å². The number of hydrogen-bond donors (Lipinski definition) is 2. The molecule has 1 unspecified atom stereocenters. The van der Waals surface area contributed by atoms with E-state index in [0.29, 0.717) is 23.2 Å². The normalized spacial score (nSPS) is 17.7. The van der Waals surface area contributed by atoms with Gasteiger partial charge in [0.05, 0.1) is 0 Å². The summed E-state index contributed by atoms with van der Waals surface area (Å²) in [6, 6.07) is 14.7. The molecule has 1 fully saturated rings. The monoisotopic (exact) mass is 481 g/mol. The summed E-state index contributed by atoms with van der Waals surface area (Å²) in [5.74, 6) is -1.09. The average Bonchev–Trinajstić information content (AvgIpc) is 3.03. The van der Waals surface area contributed by atoms with Gasteiger partial charge in [0.25, 0.3) is 0 Å². The number of carbonyl (C=O) groups is 4. The molecule has 2 aliphatic rings. The number of amides is 4. The number of ether oxygens (including phenoxy) is 1. The van der Waals surface area contributed by atoms with E-state index in [9.17, 15) is 19.2 Å². The minimum atomic E-state index is -0.669. The number of para-hydroxylation sites is 1. The van der Waals surface area contributed by atoms with Crippen molar-refractivity contribution < 1.29 is 56.6 Å². The van der Waals surface area contributed by atoms with Gasteiger partial charge in [-0.25, -0.2) is 4.79 Å². The third-order valence-corrected chi connectivity index (χ3v) is 4.87. The van der Waals surface area contributed by atoms with Crippen molar-refractivity contribution in [1.29, 1.82) is 0 Å². The second kappa shape index (κ2) is 9.49. The number of fused-ring (bicyclic) bond motifs is 1. The van der Waals surface area contributed by atoms with E-state index in [4.69, 9.17) is 4.74 Å². The molecule has 9 heteroatoms. The summed E-state index contributed by atoms with van der Waals surface area (Å²) in [6.07, 6.45) is -0.0998. The van der Waals surface area contributed by atoms with Crippen molar-refractivity contribution in [3.8, 4) is 0 Å². The van der Waals surface area contributed by atoms with Crippen molar-refractivity contribution >= 4 is 29.5 Å². The number of benzene rings is 2. The Labute approximate surface area is 198 Å². The van der Waals surface area contributed by atoms with Gasteiger partial charge in [-0.2, -0.15) is 0 Å². The van der Waals surface area contributed by atoms with Gasteiger partial charge in [-0.05, 0) is 18.6 Å². The first-order valence-corrected chi connectivity index (χ1v) is 9.19. The molecule has 151 valence electrons. The zero-order valence-electron chi connectivity index (χ0n) is 16.0. The molecule has 0 aromatic heterocycles. The van der Waals surface area contributed by atoms with E-state index in [1.54, 1.807) is 36.4 Å². The van der Waals surface area contributed by atoms with Gasteiger partial charge in [0, 0.05) is 51.4 Å². The first kappa shape index (κ1) is 22.1. The van der Waals surface area contributed by atoms with Gasteiger partial charge in [-0.3, -0.25) is 20.2 Å². The number of carbonyl (C=O) groups excluding carboxylic acids is 4. The van der Waals surface area contributed by atoms with Crippen LogP contribution in [0.4, 0.5) is 10.5 Å². The second-order valence-electron chi connectivity index (χ2n) is 6.85. The Bertz CT molecular complexity index is 995. The van der Waals surface area contributed by atoms with Crippen LogP contribution in [-0.4, -0.2) is 34.8 Å². The number of hydrogen-bond acceptors (Lipinski definition) is 5. The van der Waals surface area contributed by atoms with Crippen LogP contribution in [0.2, 0.25) is 0 Å². The fraction of sp³-hybridized carbons (Fsp3) is 0.238. The van der Waals surface area contributed by atoms with Gasteiger partial charge in [-0.1, -0.05) is 29.3 Å². The molecule has 0 bridgehead atoms. The van der Waals surface area contributed by atoms with Crippen LogP contribution in [0, 0.1) is 6.07 Å². The molecule has 1 atom stereocenters. The maximum atomic E-state index is 12.8. The Kier molecular flexibility index (Phi) is 7.00. The molecule has 30 heavy (non-hydrogen) atoms. The first-order chi connectivity index (χ1) is 14.0. The molecule has 2 aromatic carbocycles. The number of piperidine rings is 1. The molecule has 2 aromatic rings. The van der Waals surface area contributed by atoms with E-state index in [0.717, 1.165) is 5.56 Å². The van der Waals surface area contributed by atoms with Crippen molar-refractivity contribution in [2.45, 2.75) is 32.0 Å². The topological polar surface area (TPSA) is 105 Å². The molecular formula is C21H18N3O5Y-. The molecule has 8 nitrogen and oxygen atoms in total. The molecule has 0 aliphatic carbocycles. The molecular weight excluding hydrogens is 463 g/mol. The maximum absolute atomic E-state index is 12.8. The molecule has 1 saturated heterocycles. The standard InChI is InChI=1S/C21H18N3O5.Y/c25-18-9-8-17(19(26)23-18)24-11-14-7-6-13(10-16(14)20(24)27)12-29-21(28)22-15-4-2-1-3-5-15;/h1-7,17H,8-9,11-12H2,(H,22,28)(H,23,25,26);/q-1;. The fourth-order valence-electron chi connectivity index (χ4n) is 3.42. The smallest absolute Gasteiger partial charge is 0.411 e. The van der Waals surface area contributed by atoms with Crippen molar-refractivity contribution in [1.82, 2.24) is 10.2 Å². The van der Waals surface area contributed by atoms with Gasteiger partial charge in [-0.15, -0.1) is 23.8 Å². The summed E-state index contributed by atoms with van der Waals surface area (Å²) in [5.41, 5.74) is 2.27. The van der Waals surface area contributed by atoms with E-state index < -0.39 is 18.0 Å². The average molecular weight is 481 g/mol. The predicted molar refractivity (Wildman–Crippen MR) is 102 cm³/mol. The summed E-state index contributed by atoms with van der Waals surface area (Å²) in [6.45, 7) is 0.240. The van der Waals surface area contributed by atoms with Gasteiger partial charge in [0.2, 0.25) is 11.8 Å². The van der Waals surface area contributed by atoms with Gasteiger partial charge in [0.1, 0.15) is 12.6 Å². The first-order valence-electron chi connectivity index (χ1n) is 9.19. The minimum absolute atomic E-state index is 0. The predicted octanol–water partition coefficient (Wildman–Crippen LogP) is 1.99. The van der Waals surface area contributed by atoms with E-state index in [-0.39, 0.29) is 64.1 Å². The van der Waals surface area contributed by atoms with Crippen LogP contribution < -0.4 is 10.6 Å². The van der Waals surface area contributed by atoms with E-state index in [1.807, 2.05) is 6.07 Å². The quantitative estimate of drug-likeness (QED) is 0.514. The number of imide groups is 1. The van der Waals surface area contributed by atoms with Crippen LogP contribution in [0.1, 0.15) is 34.3 Å². The second-order valence-corrected chi connectivity index (χ2v) is 6.85. The van der Waals surface area contributed by atoms with Crippen molar-refractivity contribution in [3.63, 3.8) is 0 Å². The summed E-state index contributed by atoms with van der Waals surface area (Å²) in [7, 11) is 0. The molecule has 0 saturated carbocycles. The molecule has 2 aliphatic heterocycles. The van der Waals surface area contributed by atoms with Crippen LogP contribution in [0.5, 0.6) is 0 Å². The van der Waals surface area contributed by atoms with Crippen LogP contribution in [0.3, 0.4) is 0 Å². The van der Waals surface area contributed by atoms with Crippen LogP contribution in [-0.2, 0) is 60.2 Å². The van der Waals surface area contributed by atoms with Crippen LogP contribution in [0.15, 0.2) is 42.5 Å². The molecule has 4 amide bonds. The fourth-order valence-corrected chi connectivity index (χ4v) is 3.42. The maximum Gasteiger partial charge on any atom is 0.411 e. The van der Waals surface area contributed by atoms with Gasteiger partial charge < -0.3 is 14.4 Å². The van der Waals surface area contributed by atoms with Crippen LogP contribution >= 0.6 is 0 Å². The molecule has 2 N–H and O–H groups in total.